The summed E-state index contributed by atoms with van der Waals surface area (Å²) in [5.41, 5.74) is 0.239. The summed E-state index contributed by atoms with van der Waals surface area (Å²) in [6, 6.07) is 7.85. The number of ether oxygens (including phenoxy) is 1. The van der Waals surface area contributed by atoms with Crippen molar-refractivity contribution in [3.8, 4) is 17.2 Å². The van der Waals surface area contributed by atoms with Crippen LogP contribution in [0.3, 0.4) is 0 Å². The number of hydrogen-bond acceptors (Lipinski definition) is 6. The largest absolute Gasteiger partial charge is 0.423 e. The van der Waals surface area contributed by atoms with Gasteiger partial charge in [-0.15, -0.1) is 10.2 Å². The van der Waals surface area contributed by atoms with Crippen molar-refractivity contribution < 1.29 is 18.3 Å². The van der Waals surface area contributed by atoms with Crippen LogP contribution in [0.5, 0.6) is 5.75 Å². The van der Waals surface area contributed by atoms with Crippen LogP contribution in [0.1, 0.15) is 10.4 Å². The van der Waals surface area contributed by atoms with E-state index in [1.165, 1.54) is 12.3 Å². The molecule has 0 amide bonds. The van der Waals surface area contributed by atoms with Crippen LogP contribution < -0.4 is 4.74 Å². The first-order valence-corrected chi connectivity index (χ1v) is 5.93. The van der Waals surface area contributed by atoms with Gasteiger partial charge in [-0.2, -0.15) is 0 Å². The minimum atomic E-state index is -0.832. The number of nitrogens with zero attached hydrogens (tertiary/aromatic N) is 3. The van der Waals surface area contributed by atoms with Gasteiger partial charge >= 0.3 is 5.97 Å². The fraction of sp³-hybridized carbons (Fsp3) is 0. The smallest absolute Gasteiger partial charge is 0.346 e. The molecule has 0 saturated heterocycles. The van der Waals surface area contributed by atoms with Gasteiger partial charge in [-0.25, -0.2) is 9.18 Å². The Hall–Kier alpha value is -3.09. The maximum Gasteiger partial charge on any atom is 0.346 e. The molecule has 0 saturated carbocycles. The molecule has 0 aliphatic rings. The molecule has 2 heterocycles. The Morgan fingerprint density at radius 3 is 2.86 bits per heavy atom. The van der Waals surface area contributed by atoms with E-state index in [4.69, 9.17) is 9.15 Å². The summed E-state index contributed by atoms with van der Waals surface area (Å²) in [6.07, 6.45) is 3.42. The number of aromatic nitrogens is 3. The first kappa shape index (κ1) is 12.9. The van der Waals surface area contributed by atoms with Crippen LogP contribution in [0.2, 0.25) is 0 Å². The Morgan fingerprint density at radius 2 is 2.10 bits per heavy atom. The highest BCUT2D eigenvalue weighted by Crippen LogP contribution is 2.28. The molecule has 104 valence electrons. The second kappa shape index (κ2) is 5.49. The van der Waals surface area contributed by atoms with Crippen molar-refractivity contribution in [3.63, 3.8) is 0 Å². The van der Waals surface area contributed by atoms with Crippen LogP contribution in [-0.4, -0.2) is 21.2 Å². The molecule has 3 rings (SSSR count). The van der Waals surface area contributed by atoms with Crippen LogP contribution in [0.4, 0.5) is 4.39 Å². The van der Waals surface area contributed by atoms with E-state index < -0.39 is 11.8 Å². The fourth-order valence-corrected chi connectivity index (χ4v) is 1.72. The number of carbonyl (C=O) groups is 1. The Morgan fingerprint density at radius 1 is 1.24 bits per heavy atom. The van der Waals surface area contributed by atoms with E-state index in [0.29, 0.717) is 5.56 Å². The van der Waals surface area contributed by atoms with Crippen LogP contribution in [0.25, 0.3) is 11.5 Å². The molecule has 0 radical (unpaired) electrons. The normalized spacial score (nSPS) is 10.3. The topological polar surface area (TPSA) is 78.1 Å². The molecule has 0 bridgehead atoms. The van der Waals surface area contributed by atoms with Gasteiger partial charge in [0, 0.05) is 6.20 Å². The number of halogens is 1. The number of pyridine rings is 1. The number of hydrogen-bond donors (Lipinski definition) is 0. The van der Waals surface area contributed by atoms with Crippen molar-refractivity contribution in [1.29, 1.82) is 0 Å². The summed E-state index contributed by atoms with van der Waals surface area (Å²) in [5, 5.41) is 7.32. The van der Waals surface area contributed by atoms with Crippen molar-refractivity contribution in [2.24, 2.45) is 0 Å². The quantitative estimate of drug-likeness (QED) is 0.543. The standard InChI is InChI=1S/C14H8FN3O3/c15-11-7-16-6-5-9(11)14(19)21-12-4-2-1-3-10(12)13-18-17-8-20-13/h1-8H. The van der Waals surface area contributed by atoms with Gasteiger partial charge in [0.25, 0.3) is 5.89 Å². The van der Waals surface area contributed by atoms with Gasteiger partial charge in [-0.05, 0) is 18.2 Å². The predicted octanol–water partition coefficient (Wildman–Crippen LogP) is 2.49. The van der Waals surface area contributed by atoms with Gasteiger partial charge in [0.05, 0.1) is 17.3 Å². The van der Waals surface area contributed by atoms with Crippen molar-refractivity contribution in [1.82, 2.24) is 15.2 Å². The molecule has 2 aromatic heterocycles. The molecule has 0 aliphatic heterocycles. The summed E-state index contributed by atoms with van der Waals surface area (Å²) in [4.78, 5) is 15.6. The fourth-order valence-electron chi connectivity index (χ4n) is 1.72. The highest BCUT2D eigenvalue weighted by Gasteiger charge is 2.17. The van der Waals surface area contributed by atoms with E-state index in [-0.39, 0.29) is 17.2 Å². The third-order valence-corrected chi connectivity index (χ3v) is 2.67. The lowest BCUT2D eigenvalue weighted by molar-refractivity contribution is 0.0730. The van der Waals surface area contributed by atoms with Crippen LogP contribution >= 0.6 is 0 Å². The van der Waals surface area contributed by atoms with E-state index in [1.54, 1.807) is 24.3 Å². The van der Waals surface area contributed by atoms with Crippen molar-refractivity contribution in [2.75, 3.05) is 0 Å². The molecule has 6 nitrogen and oxygen atoms in total. The molecule has 21 heavy (non-hydrogen) atoms. The van der Waals surface area contributed by atoms with Crippen LogP contribution in [0.15, 0.2) is 53.5 Å². The number of para-hydroxylation sites is 1. The molecule has 0 unspecified atom stereocenters. The van der Waals surface area contributed by atoms with Crippen LogP contribution in [0, 0.1) is 5.82 Å². The van der Waals surface area contributed by atoms with Crippen molar-refractivity contribution in [2.45, 2.75) is 0 Å². The number of rotatable bonds is 3. The van der Waals surface area contributed by atoms with Crippen molar-refractivity contribution in [3.05, 3.63) is 60.5 Å². The first-order chi connectivity index (χ1) is 10.3. The third-order valence-electron chi connectivity index (χ3n) is 2.67. The minimum absolute atomic E-state index is 0.197. The molecule has 3 aromatic rings. The summed E-state index contributed by atoms with van der Waals surface area (Å²) in [6.45, 7) is 0. The summed E-state index contributed by atoms with van der Waals surface area (Å²) < 4.78 is 23.8. The lowest BCUT2D eigenvalue weighted by Crippen LogP contribution is -2.11. The number of esters is 1. The summed E-state index contributed by atoms with van der Waals surface area (Å²) in [5.74, 6) is -1.18. The average molecular weight is 285 g/mol. The molecule has 7 heteroatoms. The molecule has 0 N–H and O–H groups in total. The molecule has 0 fully saturated rings. The maximum absolute atomic E-state index is 13.5. The number of carbonyl (C=O) groups excluding carboxylic acids is 1. The Kier molecular flexibility index (Phi) is 3.38. The van der Waals surface area contributed by atoms with E-state index in [0.717, 1.165) is 12.6 Å². The minimum Gasteiger partial charge on any atom is -0.423 e. The van der Waals surface area contributed by atoms with E-state index >= 15 is 0 Å². The van der Waals surface area contributed by atoms with E-state index in [1.807, 2.05) is 0 Å². The van der Waals surface area contributed by atoms with E-state index in [9.17, 15) is 9.18 Å². The van der Waals surface area contributed by atoms with Gasteiger partial charge in [-0.3, -0.25) is 4.98 Å². The maximum atomic E-state index is 13.5. The van der Waals surface area contributed by atoms with Gasteiger partial charge in [0.1, 0.15) is 5.75 Å². The molecular formula is C14H8FN3O3. The Balaban J connectivity index is 1.93. The molecule has 1 aromatic carbocycles. The Labute approximate surface area is 118 Å². The second-order valence-corrected chi connectivity index (χ2v) is 3.99. The molecule has 0 atom stereocenters. The van der Waals surface area contributed by atoms with Gasteiger partial charge in [0.15, 0.2) is 5.82 Å². The predicted molar refractivity (Wildman–Crippen MR) is 68.9 cm³/mol. The zero-order valence-electron chi connectivity index (χ0n) is 10.6. The number of benzene rings is 1. The van der Waals surface area contributed by atoms with Crippen molar-refractivity contribution >= 4 is 5.97 Å². The van der Waals surface area contributed by atoms with Gasteiger partial charge in [0.2, 0.25) is 6.39 Å². The third kappa shape index (κ3) is 2.62. The highest BCUT2D eigenvalue weighted by atomic mass is 19.1. The SMILES string of the molecule is O=C(Oc1ccccc1-c1nnco1)c1ccncc1F. The summed E-state index contributed by atoms with van der Waals surface area (Å²) >= 11 is 0. The first-order valence-electron chi connectivity index (χ1n) is 5.93. The lowest BCUT2D eigenvalue weighted by atomic mass is 10.2. The lowest BCUT2D eigenvalue weighted by Gasteiger charge is -2.07. The summed E-state index contributed by atoms with van der Waals surface area (Å²) in [7, 11) is 0. The zero-order chi connectivity index (χ0) is 14.7. The average Bonchev–Trinajstić information content (AvgIpc) is 3.02. The van der Waals surface area contributed by atoms with Gasteiger partial charge < -0.3 is 9.15 Å². The Bertz CT molecular complexity index is 775. The molecular weight excluding hydrogens is 277 g/mol. The van der Waals surface area contributed by atoms with Gasteiger partial charge in [-0.1, -0.05) is 12.1 Å². The van der Waals surface area contributed by atoms with E-state index in [2.05, 4.69) is 15.2 Å². The molecule has 0 spiro atoms. The second-order valence-electron chi connectivity index (χ2n) is 3.99. The van der Waals surface area contributed by atoms with Crippen LogP contribution in [-0.2, 0) is 0 Å². The monoisotopic (exact) mass is 285 g/mol. The zero-order valence-corrected chi connectivity index (χ0v) is 10.6. The molecule has 0 aliphatic carbocycles. The highest BCUT2D eigenvalue weighted by molar-refractivity contribution is 5.92.